The number of aromatic nitrogens is 2. The van der Waals surface area contributed by atoms with Gasteiger partial charge in [-0.3, -0.25) is 19.6 Å². The molecular formula is C19H26N4O5. The lowest BCUT2D eigenvalue weighted by molar-refractivity contribution is -0.386. The van der Waals surface area contributed by atoms with E-state index in [4.69, 9.17) is 9.47 Å². The summed E-state index contributed by atoms with van der Waals surface area (Å²) in [5.41, 5.74) is 1.62. The van der Waals surface area contributed by atoms with Crippen LogP contribution in [0.15, 0.2) is 18.2 Å². The second-order valence-corrected chi connectivity index (χ2v) is 6.18. The van der Waals surface area contributed by atoms with Gasteiger partial charge in [0.25, 0.3) is 0 Å². The molecule has 28 heavy (non-hydrogen) atoms. The molecule has 0 fully saturated rings. The number of nitro groups is 1. The molecule has 9 heteroatoms. The van der Waals surface area contributed by atoms with Gasteiger partial charge in [0.15, 0.2) is 11.5 Å². The van der Waals surface area contributed by atoms with Gasteiger partial charge in [-0.2, -0.15) is 5.10 Å². The number of aryl methyl sites for hydroxylation is 1. The van der Waals surface area contributed by atoms with Crippen LogP contribution in [0.3, 0.4) is 0 Å². The minimum Gasteiger partial charge on any atom is -0.490 e. The Balaban J connectivity index is 1.93. The van der Waals surface area contributed by atoms with E-state index >= 15 is 0 Å². The lowest BCUT2D eigenvalue weighted by atomic mass is 10.1. The number of hydrogen-bond donors (Lipinski definition) is 1. The molecule has 0 aliphatic rings. The Morgan fingerprint density at radius 1 is 1.21 bits per heavy atom. The van der Waals surface area contributed by atoms with Crippen LogP contribution in [0.4, 0.5) is 5.69 Å². The Morgan fingerprint density at radius 2 is 1.89 bits per heavy atom. The number of amides is 1. The van der Waals surface area contributed by atoms with Crippen molar-refractivity contribution < 1.29 is 19.2 Å². The van der Waals surface area contributed by atoms with E-state index in [0.717, 1.165) is 5.56 Å². The zero-order chi connectivity index (χ0) is 20.7. The van der Waals surface area contributed by atoms with Crippen molar-refractivity contribution in [3.05, 3.63) is 45.3 Å². The summed E-state index contributed by atoms with van der Waals surface area (Å²) in [5, 5.41) is 17.9. The van der Waals surface area contributed by atoms with Gasteiger partial charge in [-0.25, -0.2) is 0 Å². The van der Waals surface area contributed by atoms with Crippen LogP contribution in [-0.2, 0) is 17.8 Å². The van der Waals surface area contributed by atoms with Gasteiger partial charge in [-0.1, -0.05) is 6.07 Å². The Kier molecular flexibility index (Phi) is 7.36. The standard InChI is InChI=1S/C19H26N4O5/c1-5-27-16-8-7-15(11-17(16)28-6-2)9-10-20-18(24)12-22-14(4)19(23(25)26)13(3)21-22/h7-8,11H,5-6,9-10,12H2,1-4H3,(H,20,24). The fraction of sp³-hybridized carbons (Fsp3) is 0.474. The number of hydrogen-bond acceptors (Lipinski definition) is 6. The van der Waals surface area contributed by atoms with Crippen molar-refractivity contribution in [1.29, 1.82) is 0 Å². The second kappa shape index (κ2) is 9.72. The minimum absolute atomic E-state index is 0.0503. The van der Waals surface area contributed by atoms with Gasteiger partial charge < -0.3 is 14.8 Å². The minimum atomic E-state index is -0.478. The van der Waals surface area contributed by atoms with E-state index < -0.39 is 4.92 Å². The molecule has 2 aromatic rings. The number of rotatable bonds is 10. The molecule has 1 heterocycles. The Morgan fingerprint density at radius 3 is 2.50 bits per heavy atom. The van der Waals surface area contributed by atoms with Gasteiger partial charge in [0.05, 0.1) is 18.1 Å². The average molecular weight is 390 g/mol. The molecule has 0 unspecified atom stereocenters. The number of nitrogens with one attached hydrogen (secondary N) is 1. The number of carbonyl (C=O) groups excluding carboxylic acids is 1. The maximum absolute atomic E-state index is 12.2. The van der Waals surface area contributed by atoms with Crippen molar-refractivity contribution in [3.63, 3.8) is 0 Å². The van der Waals surface area contributed by atoms with Gasteiger partial charge >= 0.3 is 5.69 Å². The Labute approximate surface area is 163 Å². The van der Waals surface area contributed by atoms with Gasteiger partial charge in [-0.05, 0) is 51.8 Å². The predicted octanol–water partition coefficient (Wildman–Crippen LogP) is 2.56. The van der Waals surface area contributed by atoms with Gasteiger partial charge in [0.2, 0.25) is 5.91 Å². The van der Waals surface area contributed by atoms with E-state index in [1.807, 2.05) is 32.0 Å². The van der Waals surface area contributed by atoms with Gasteiger partial charge in [-0.15, -0.1) is 0 Å². The summed E-state index contributed by atoms with van der Waals surface area (Å²) < 4.78 is 12.5. The van der Waals surface area contributed by atoms with Crippen molar-refractivity contribution in [2.45, 2.75) is 40.7 Å². The van der Waals surface area contributed by atoms with Crippen LogP contribution in [-0.4, -0.2) is 40.4 Å². The van der Waals surface area contributed by atoms with E-state index in [0.29, 0.717) is 49.1 Å². The Hall–Kier alpha value is -3.10. The molecule has 1 amide bonds. The van der Waals surface area contributed by atoms with Crippen LogP contribution in [0, 0.1) is 24.0 Å². The smallest absolute Gasteiger partial charge is 0.312 e. The molecule has 1 aromatic carbocycles. The van der Waals surface area contributed by atoms with Crippen LogP contribution >= 0.6 is 0 Å². The number of benzene rings is 1. The zero-order valence-electron chi connectivity index (χ0n) is 16.7. The van der Waals surface area contributed by atoms with Crippen molar-refractivity contribution in [3.8, 4) is 11.5 Å². The molecule has 0 spiro atoms. The third-order valence-corrected chi connectivity index (χ3v) is 4.16. The lowest BCUT2D eigenvalue weighted by Gasteiger charge is -2.12. The normalized spacial score (nSPS) is 10.6. The first kappa shape index (κ1) is 21.2. The lowest BCUT2D eigenvalue weighted by Crippen LogP contribution is -2.30. The highest BCUT2D eigenvalue weighted by molar-refractivity contribution is 5.75. The van der Waals surface area contributed by atoms with E-state index in [1.54, 1.807) is 13.8 Å². The molecule has 0 saturated carbocycles. The first-order chi connectivity index (χ1) is 13.4. The molecule has 0 aliphatic heterocycles. The molecule has 2 rings (SSSR count). The van der Waals surface area contributed by atoms with Crippen molar-refractivity contribution >= 4 is 11.6 Å². The highest BCUT2D eigenvalue weighted by atomic mass is 16.6. The van der Waals surface area contributed by atoms with Crippen molar-refractivity contribution in [2.75, 3.05) is 19.8 Å². The largest absolute Gasteiger partial charge is 0.490 e. The van der Waals surface area contributed by atoms with Crippen molar-refractivity contribution in [1.82, 2.24) is 15.1 Å². The zero-order valence-corrected chi connectivity index (χ0v) is 16.7. The van der Waals surface area contributed by atoms with E-state index in [9.17, 15) is 14.9 Å². The first-order valence-electron chi connectivity index (χ1n) is 9.20. The molecule has 0 atom stereocenters. The highest BCUT2D eigenvalue weighted by Gasteiger charge is 2.22. The van der Waals surface area contributed by atoms with Crippen LogP contribution < -0.4 is 14.8 Å². The summed E-state index contributed by atoms with van der Waals surface area (Å²) >= 11 is 0. The fourth-order valence-corrected chi connectivity index (χ4v) is 2.89. The van der Waals surface area contributed by atoms with Crippen LogP contribution in [0.1, 0.15) is 30.8 Å². The van der Waals surface area contributed by atoms with Crippen molar-refractivity contribution in [2.24, 2.45) is 0 Å². The molecule has 0 aliphatic carbocycles. The monoisotopic (exact) mass is 390 g/mol. The summed E-state index contributed by atoms with van der Waals surface area (Å²) in [4.78, 5) is 22.7. The van der Waals surface area contributed by atoms with E-state index in [2.05, 4.69) is 10.4 Å². The van der Waals surface area contributed by atoms with E-state index in [1.165, 1.54) is 4.68 Å². The third kappa shape index (κ3) is 5.21. The third-order valence-electron chi connectivity index (χ3n) is 4.16. The molecule has 152 valence electrons. The highest BCUT2D eigenvalue weighted by Crippen LogP contribution is 2.28. The second-order valence-electron chi connectivity index (χ2n) is 6.18. The Bertz CT molecular complexity index is 847. The SMILES string of the molecule is CCOc1ccc(CCNC(=O)Cn2nc(C)c([N+](=O)[O-])c2C)cc1OCC. The van der Waals surface area contributed by atoms with Crippen LogP contribution in [0.2, 0.25) is 0 Å². The fourth-order valence-electron chi connectivity index (χ4n) is 2.89. The number of ether oxygens (including phenoxy) is 2. The summed E-state index contributed by atoms with van der Waals surface area (Å²) in [6.45, 7) is 8.42. The molecule has 0 bridgehead atoms. The topological polar surface area (TPSA) is 109 Å². The summed E-state index contributed by atoms with van der Waals surface area (Å²) in [7, 11) is 0. The van der Waals surface area contributed by atoms with Crippen LogP contribution in [0.5, 0.6) is 11.5 Å². The quantitative estimate of drug-likeness (QED) is 0.493. The molecule has 1 N–H and O–H groups in total. The number of carbonyl (C=O) groups is 1. The summed E-state index contributed by atoms with van der Waals surface area (Å²) in [6.07, 6.45) is 0.621. The predicted molar refractivity (Wildman–Crippen MR) is 104 cm³/mol. The molecule has 1 aromatic heterocycles. The summed E-state index contributed by atoms with van der Waals surface area (Å²) in [6, 6.07) is 5.70. The maximum atomic E-state index is 12.2. The van der Waals surface area contributed by atoms with E-state index in [-0.39, 0.29) is 18.1 Å². The number of nitrogens with zero attached hydrogens (tertiary/aromatic N) is 3. The first-order valence-corrected chi connectivity index (χ1v) is 9.20. The molecule has 9 nitrogen and oxygen atoms in total. The average Bonchev–Trinajstić information content (AvgIpc) is 2.91. The summed E-state index contributed by atoms with van der Waals surface area (Å²) in [5.74, 6) is 1.13. The molecule has 0 radical (unpaired) electrons. The maximum Gasteiger partial charge on any atom is 0.312 e. The van der Waals surface area contributed by atoms with Gasteiger partial charge in [0, 0.05) is 6.54 Å². The van der Waals surface area contributed by atoms with Crippen LogP contribution in [0.25, 0.3) is 0 Å². The molecule has 0 saturated heterocycles. The molecular weight excluding hydrogens is 364 g/mol. The van der Waals surface area contributed by atoms with Gasteiger partial charge in [0.1, 0.15) is 17.9 Å².